The molecule has 2 rings (SSSR count). The first-order chi connectivity index (χ1) is 9.56. The zero-order valence-corrected chi connectivity index (χ0v) is 10.1. The molecule has 3 nitrogen and oxygen atoms in total. The topological polar surface area (TPSA) is 62.7 Å². The second-order valence-corrected chi connectivity index (χ2v) is 3.86. The maximum atomic E-state index is 13.7. The SMILES string of the molecule is N#C/C(=C(/N)c1ccc(F)c(F)c1F)c1ccncc1. The first-order valence-electron chi connectivity index (χ1n) is 5.50. The molecule has 0 spiro atoms. The summed E-state index contributed by atoms with van der Waals surface area (Å²) >= 11 is 0. The number of allylic oxidation sites excluding steroid dienone is 1. The summed E-state index contributed by atoms with van der Waals surface area (Å²) in [6.45, 7) is 0. The van der Waals surface area contributed by atoms with Crippen molar-refractivity contribution in [3.63, 3.8) is 0 Å². The van der Waals surface area contributed by atoms with Gasteiger partial charge in [0.05, 0.1) is 11.3 Å². The highest BCUT2D eigenvalue weighted by atomic mass is 19.2. The van der Waals surface area contributed by atoms with E-state index in [2.05, 4.69) is 4.98 Å². The lowest BCUT2D eigenvalue weighted by atomic mass is 10.0. The average Bonchev–Trinajstić information content (AvgIpc) is 2.47. The molecule has 0 radical (unpaired) electrons. The molecular formula is C14H8F3N3. The Morgan fingerprint density at radius 1 is 1.05 bits per heavy atom. The zero-order valence-electron chi connectivity index (χ0n) is 10.1. The summed E-state index contributed by atoms with van der Waals surface area (Å²) in [5.41, 5.74) is 5.44. The third kappa shape index (κ3) is 2.34. The number of rotatable bonds is 2. The van der Waals surface area contributed by atoms with E-state index in [0.29, 0.717) is 5.56 Å². The van der Waals surface area contributed by atoms with Crippen LogP contribution in [0, 0.1) is 28.8 Å². The molecule has 0 amide bonds. The van der Waals surface area contributed by atoms with Crippen molar-refractivity contribution in [2.24, 2.45) is 5.73 Å². The van der Waals surface area contributed by atoms with Crippen LogP contribution >= 0.6 is 0 Å². The second kappa shape index (κ2) is 5.45. The smallest absolute Gasteiger partial charge is 0.195 e. The number of nitrogens with zero attached hydrogens (tertiary/aromatic N) is 2. The first-order valence-corrected chi connectivity index (χ1v) is 5.50. The number of aromatic nitrogens is 1. The Kier molecular flexibility index (Phi) is 3.71. The minimum absolute atomic E-state index is 0.0442. The van der Waals surface area contributed by atoms with Crippen LogP contribution < -0.4 is 5.73 Å². The summed E-state index contributed by atoms with van der Waals surface area (Å²) in [5.74, 6) is -4.37. The minimum Gasteiger partial charge on any atom is -0.397 e. The van der Waals surface area contributed by atoms with Gasteiger partial charge in [0.1, 0.15) is 6.07 Å². The van der Waals surface area contributed by atoms with Gasteiger partial charge in [0.15, 0.2) is 17.5 Å². The van der Waals surface area contributed by atoms with Gasteiger partial charge in [0, 0.05) is 18.0 Å². The standard InChI is InChI=1S/C14H8F3N3/c15-11-2-1-9(12(16)13(11)17)14(19)10(7-18)8-3-5-20-6-4-8/h1-6H,19H2/b14-10-. The molecule has 0 atom stereocenters. The normalized spacial score (nSPS) is 11.7. The van der Waals surface area contributed by atoms with Gasteiger partial charge in [0.25, 0.3) is 0 Å². The van der Waals surface area contributed by atoms with Gasteiger partial charge in [-0.2, -0.15) is 5.26 Å². The van der Waals surface area contributed by atoms with Crippen LogP contribution in [0.2, 0.25) is 0 Å². The van der Waals surface area contributed by atoms with Crippen LogP contribution in [0.1, 0.15) is 11.1 Å². The lowest BCUT2D eigenvalue weighted by Crippen LogP contribution is -2.06. The average molecular weight is 275 g/mol. The summed E-state index contributed by atoms with van der Waals surface area (Å²) in [5, 5.41) is 9.13. The van der Waals surface area contributed by atoms with Crippen LogP contribution in [0.3, 0.4) is 0 Å². The summed E-state index contributed by atoms with van der Waals surface area (Å²) in [4.78, 5) is 3.78. The predicted molar refractivity (Wildman–Crippen MR) is 67.2 cm³/mol. The maximum absolute atomic E-state index is 13.7. The Hall–Kier alpha value is -2.81. The van der Waals surface area contributed by atoms with Gasteiger partial charge >= 0.3 is 0 Å². The summed E-state index contributed by atoms with van der Waals surface area (Å²) in [6, 6.07) is 6.57. The molecule has 0 bridgehead atoms. The fraction of sp³-hybridized carbons (Fsp3) is 0. The van der Waals surface area contributed by atoms with Crippen LogP contribution in [0.5, 0.6) is 0 Å². The van der Waals surface area contributed by atoms with Gasteiger partial charge in [-0.15, -0.1) is 0 Å². The minimum atomic E-state index is -1.63. The molecular weight excluding hydrogens is 267 g/mol. The molecule has 0 aliphatic heterocycles. The molecule has 0 saturated heterocycles. The number of benzene rings is 1. The quantitative estimate of drug-likeness (QED) is 0.677. The van der Waals surface area contributed by atoms with Crippen LogP contribution in [-0.2, 0) is 0 Å². The van der Waals surface area contributed by atoms with Crippen LogP contribution in [0.25, 0.3) is 11.3 Å². The molecule has 0 unspecified atom stereocenters. The van der Waals surface area contributed by atoms with Crippen molar-refractivity contribution in [2.75, 3.05) is 0 Å². The molecule has 0 aliphatic carbocycles. The molecule has 20 heavy (non-hydrogen) atoms. The lowest BCUT2D eigenvalue weighted by molar-refractivity contribution is 0.445. The maximum Gasteiger partial charge on any atom is 0.195 e. The van der Waals surface area contributed by atoms with Gasteiger partial charge in [-0.05, 0) is 29.8 Å². The molecule has 1 aromatic heterocycles. The van der Waals surface area contributed by atoms with Crippen molar-refractivity contribution in [1.29, 1.82) is 5.26 Å². The van der Waals surface area contributed by atoms with Gasteiger partial charge < -0.3 is 5.73 Å². The van der Waals surface area contributed by atoms with Crippen molar-refractivity contribution < 1.29 is 13.2 Å². The van der Waals surface area contributed by atoms with E-state index < -0.39 is 17.5 Å². The van der Waals surface area contributed by atoms with E-state index in [1.165, 1.54) is 24.5 Å². The number of nitriles is 1. The van der Waals surface area contributed by atoms with Crippen molar-refractivity contribution in [1.82, 2.24) is 4.98 Å². The summed E-state index contributed by atoms with van der Waals surface area (Å²) in [7, 11) is 0. The predicted octanol–water partition coefficient (Wildman–Crippen LogP) is 2.85. The van der Waals surface area contributed by atoms with E-state index >= 15 is 0 Å². The molecule has 6 heteroatoms. The Morgan fingerprint density at radius 3 is 2.30 bits per heavy atom. The zero-order chi connectivity index (χ0) is 14.7. The number of halogens is 3. The number of nitrogens with two attached hydrogens (primary N) is 1. The molecule has 0 fully saturated rings. The summed E-state index contributed by atoms with van der Waals surface area (Å²) < 4.78 is 39.8. The Labute approximate surface area is 112 Å². The Balaban J connectivity index is 2.65. The second-order valence-electron chi connectivity index (χ2n) is 3.86. The molecule has 1 aromatic carbocycles. The molecule has 100 valence electrons. The number of pyridine rings is 1. The molecule has 0 saturated carbocycles. The van der Waals surface area contributed by atoms with Crippen molar-refractivity contribution in [3.05, 3.63) is 65.2 Å². The fourth-order valence-electron chi connectivity index (χ4n) is 1.67. The van der Waals surface area contributed by atoms with E-state index in [1.54, 1.807) is 0 Å². The summed E-state index contributed by atoms with van der Waals surface area (Å²) in [6.07, 6.45) is 2.86. The highest BCUT2D eigenvalue weighted by molar-refractivity contribution is 5.96. The van der Waals surface area contributed by atoms with Gasteiger partial charge in [0.2, 0.25) is 0 Å². The Morgan fingerprint density at radius 2 is 1.70 bits per heavy atom. The largest absolute Gasteiger partial charge is 0.397 e. The third-order valence-electron chi connectivity index (χ3n) is 2.68. The van der Waals surface area contributed by atoms with Crippen LogP contribution in [0.15, 0.2) is 36.7 Å². The first kappa shape index (κ1) is 13.6. The monoisotopic (exact) mass is 275 g/mol. The van der Waals surface area contributed by atoms with Crippen LogP contribution in [-0.4, -0.2) is 4.98 Å². The lowest BCUT2D eigenvalue weighted by Gasteiger charge is -2.08. The van der Waals surface area contributed by atoms with E-state index in [1.807, 2.05) is 6.07 Å². The van der Waals surface area contributed by atoms with Gasteiger partial charge in [-0.25, -0.2) is 13.2 Å². The number of hydrogen-bond donors (Lipinski definition) is 1. The Bertz CT molecular complexity index is 718. The molecule has 2 N–H and O–H groups in total. The van der Waals surface area contributed by atoms with E-state index in [0.717, 1.165) is 12.1 Å². The molecule has 2 aromatic rings. The molecule has 1 heterocycles. The van der Waals surface area contributed by atoms with Gasteiger partial charge in [-0.1, -0.05) is 0 Å². The third-order valence-corrected chi connectivity index (χ3v) is 2.68. The van der Waals surface area contributed by atoms with E-state index in [9.17, 15) is 13.2 Å². The van der Waals surface area contributed by atoms with E-state index in [4.69, 9.17) is 11.0 Å². The fourth-order valence-corrected chi connectivity index (χ4v) is 1.67. The highest BCUT2D eigenvalue weighted by Gasteiger charge is 2.18. The van der Waals surface area contributed by atoms with E-state index in [-0.39, 0.29) is 16.8 Å². The van der Waals surface area contributed by atoms with Crippen molar-refractivity contribution in [2.45, 2.75) is 0 Å². The van der Waals surface area contributed by atoms with Crippen molar-refractivity contribution >= 4 is 11.3 Å². The highest BCUT2D eigenvalue weighted by Crippen LogP contribution is 2.25. The van der Waals surface area contributed by atoms with Crippen LogP contribution in [0.4, 0.5) is 13.2 Å². The van der Waals surface area contributed by atoms with Crippen molar-refractivity contribution in [3.8, 4) is 6.07 Å². The van der Waals surface area contributed by atoms with Gasteiger partial charge in [-0.3, -0.25) is 4.98 Å². The molecule has 0 aliphatic rings. The number of hydrogen-bond acceptors (Lipinski definition) is 3.